The number of aliphatic carboxylic acids is 1. The maximum atomic E-state index is 10.4. The molecule has 0 bridgehead atoms. The van der Waals surface area contributed by atoms with Crippen LogP contribution in [-0.2, 0) is 9.59 Å². The third-order valence-electron chi connectivity index (χ3n) is 2.21. The molecule has 118 valence electrons. The van der Waals surface area contributed by atoms with E-state index in [0.717, 1.165) is 30.0 Å². The van der Waals surface area contributed by atoms with E-state index in [4.69, 9.17) is 10.8 Å². The van der Waals surface area contributed by atoms with Crippen LogP contribution in [0.5, 0.6) is 0 Å². The van der Waals surface area contributed by atoms with Crippen LogP contribution in [0.3, 0.4) is 0 Å². The quantitative estimate of drug-likeness (QED) is 0.533. The van der Waals surface area contributed by atoms with E-state index in [1.54, 1.807) is 27.8 Å². The van der Waals surface area contributed by atoms with Gasteiger partial charge < -0.3 is 10.8 Å². The van der Waals surface area contributed by atoms with Gasteiger partial charge in [-0.15, -0.1) is 0 Å². The van der Waals surface area contributed by atoms with Gasteiger partial charge >= 0.3 is 5.97 Å². The summed E-state index contributed by atoms with van der Waals surface area (Å²) in [6, 6.07) is 5.74. The number of carbonyl (C=O) groups is 2. The predicted octanol–water partition coefficient (Wildman–Crippen LogP) is 3.35. The highest BCUT2D eigenvalue weighted by atomic mass is 33.1. The van der Waals surface area contributed by atoms with Crippen molar-refractivity contribution in [2.45, 2.75) is 44.1 Å². The second kappa shape index (κ2) is 13.8. The van der Waals surface area contributed by atoms with Gasteiger partial charge in [-0.25, -0.2) is 4.98 Å². The molecule has 0 aliphatic rings. The average Bonchev–Trinajstić information content (AvgIpc) is 2.45. The summed E-state index contributed by atoms with van der Waals surface area (Å²) in [5.74, 6) is -0.205. The second-order valence-corrected chi connectivity index (χ2v) is 6.58. The largest absolute Gasteiger partial charge is 0.481 e. The molecule has 1 amide bonds. The van der Waals surface area contributed by atoms with E-state index >= 15 is 0 Å². The first kappa shape index (κ1) is 19.8. The molecule has 5 nitrogen and oxygen atoms in total. The predicted molar refractivity (Wildman–Crippen MR) is 88.1 cm³/mol. The smallest absolute Gasteiger partial charge is 0.303 e. The Kier molecular flexibility index (Phi) is 13.0. The van der Waals surface area contributed by atoms with Crippen LogP contribution in [0.1, 0.15) is 39.0 Å². The van der Waals surface area contributed by atoms with Gasteiger partial charge in [0.15, 0.2) is 0 Å². The molecule has 0 aliphatic carbocycles. The van der Waals surface area contributed by atoms with Gasteiger partial charge in [0.25, 0.3) is 0 Å². The molecule has 0 spiro atoms. The Balaban J connectivity index is 0.000000433. The third kappa shape index (κ3) is 15.0. The number of nitrogens with zero attached hydrogens (tertiary/aromatic N) is 1. The van der Waals surface area contributed by atoms with Gasteiger partial charge in [0.1, 0.15) is 5.03 Å². The number of hydrogen-bond acceptors (Lipinski definition) is 5. The Labute approximate surface area is 133 Å². The molecule has 0 atom stereocenters. The van der Waals surface area contributed by atoms with E-state index in [9.17, 15) is 9.59 Å². The zero-order valence-corrected chi connectivity index (χ0v) is 13.8. The Morgan fingerprint density at radius 3 is 2.57 bits per heavy atom. The van der Waals surface area contributed by atoms with Crippen molar-refractivity contribution < 1.29 is 14.7 Å². The molecule has 0 fully saturated rings. The van der Waals surface area contributed by atoms with Crippen molar-refractivity contribution in [2.24, 2.45) is 5.73 Å². The van der Waals surface area contributed by atoms with Crippen LogP contribution in [0.15, 0.2) is 29.4 Å². The number of carboxylic acids is 1. The van der Waals surface area contributed by atoms with Gasteiger partial charge in [-0.3, -0.25) is 9.59 Å². The molecule has 0 aromatic carbocycles. The van der Waals surface area contributed by atoms with Gasteiger partial charge in [-0.2, -0.15) is 0 Å². The average molecular weight is 330 g/mol. The van der Waals surface area contributed by atoms with Gasteiger partial charge in [-0.05, 0) is 29.3 Å². The van der Waals surface area contributed by atoms with Crippen LogP contribution < -0.4 is 5.73 Å². The highest BCUT2D eigenvalue weighted by molar-refractivity contribution is 8.76. The third-order valence-corrected chi connectivity index (χ3v) is 4.47. The van der Waals surface area contributed by atoms with Gasteiger partial charge in [0.05, 0.1) is 0 Å². The monoisotopic (exact) mass is 330 g/mol. The molecule has 0 saturated heterocycles. The molecule has 7 heteroatoms. The number of nitrogens with two attached hydrogens (primary N) is 1. The summed E-state index contributed by atoms with van der Waals surface area (Å²) in [4.78, 5) is 24.4. The number of rotatable bonds is 9. The number of carbonyl (C=O) groups excluding carboxylic acids is 1. The van der Waals surface area contributed by atoms with Crippen LogP contribution in [0.2, 0.25) is 0 Å². The number of unbranched alkanes of at least 4 members (excludes halogenated alkanes) is 2. The summed E-state index contributed by atoms with van der Waals surface area (Å²) in [6.45, 7) is 2.06. The fraction of sp³-hybridized carbons (Fsp3) is 0.500. The van der Waals surface area contributed by atoms with E-state index < -0.39 is 5.97 Å². The lowest BCUT2D eigenvalue weighted by Crippen LogP contribution is -2.10. The topological polar surface area (TPSA) is 93.3 Å². The highest BCUT2D eigenvalue weighted by Gasteiger charge is 1.97. The maximum Gasteiger partial charge on any atom is 0.303 e. The van der Waals surface area contributed by atoms with Gasteiger partial charge in [0.2, 0.25) is 5.91 Å². The minimum absolute atomic E-state index is 0.255. The molecule has 3 N–H and O–H groups in total. The van der Waals surface area contributed by atoms with Crippen molar-refractivity contribution in [1.82, 2.24) is 4.98 Å². The summed E-state index contributed by atoms with van der Waals surface area (Å²) < 4.78 is 0. The molecule has 1 aromatic heterocycles. The number of aromatic nitrogens is 1. The van der Waals surface area contributed by atoms with E-state index in [1.807, 2.05) is 18.2 Å². The number of pyridine rings is 1. The maximum absolute atomic E-state index is 10.4. The summed E-state index contributed by atoms with van der Waals surface area (Å²) in [7, 11) is 3.15. The molecular weight excluding hydrogens is 308 g/mol. The molecule has 1 rings (SSSR count). The Morgan fingerprint density at radius 1 is 1.29 bits per heavy atom. The Bertz CT molecular complexity index is 402. The molecule has 0 saturated carbocycles. The van der Waals surface area contributed by atoms with Gasteiger partial charge in [0, 0.05) is 24.8 Å². The first-order valence-electron chi connectivity index (χ1n) is 6.76. The van der Waals surface area contributed by atoms with E-state index in [2.05, 4.69) is 11.9 Å². The van der Waals surface area contributed by atoms with Crippen LogP contribution in [0, 0.1) is 0 Å². The van der Waals surface area contributed by atoms with Crippen molar-refractivity contribution in [3.63, 3.8) is 0 Å². The normalized spacial score (nSPS) is 9.57. The first-order valence-corrected chi connectivity index (χ1v) is 9.08. The lowest BCUT2D eigenvalue weighted by Gasteiger charge is -1.97. The fourth-order valence-corrected chi connectivity index (χ4v) is 3.05. The van der Waals surface area contributed by atoms with Crippen LogP contribution in [-0.4, -0.2) is 27.7 Å². The zero-order chi connectivity index (χ0) is 15.9. The number of amides is 1. The summed E-state index contributed by atoms with van der Waals surface area (Å²) in [6.07, 6.45) is 5.45. The molecule has 1 heterocycles. The lowest BCUT2D eigenvalue weighted by atomic mass is 10.2. The van der Waals surface area contributed by atoms with Crippen molar-refractivity contribution in [2.75, 3.05) is 5.75 Å². The van der Waals surface area contributed by atoms with E-state index in [-0.39, 0.29) is 5.91 Å². The minimum Gasteiger partial charge on any atom is -0.481 e. The second-order valence-electron chi connectivity index (χ2n) is 4.14. The van der Waals surface area contributed by atoms with Crippen LogP contribution in [0.4, 0.5) is 0 Å². The van der Waals surface area contributed by atoms with Crippen molar-refractivity contribution in [1.29, 1.82) is 0 Å². The first-order chi connectivity index (χ1) is 10.1. The number of hydrogen-bond donors (Lipinski definition) is 2. The molecule has 21 heavy (non-hydrogen) atoms. The highest BCUT2D eigenvalue weighted by Crippen LogP contribution is 2.28. The zero-order valence-electron chi connectivity index (χ0n) is 12.2. The lowest BCUT2D eigenvalue weighted by molar-refractivity contribution is -0.137. The Hall–Kier alpha value is -1.21. The van der Waals surface area contributed by atoms with Crippen LogP contribution in [0.25, 0.3) is 0 Å². The molecule has 0 unspecified atom stereocenters. The van der Waals surface area contributed by atoms with E-state index in [0.29, 0.717) is 12.8 Å². The molecular formula is C14H22N2O3S2. The standard InChI is InChI=1S/C8H10N2OS2.C6H12O2/c9-7(11)4-6-12-13-8-3-1-2-5-10-8;1-2-3-4-5-6(7)8/h1-3,5H,4,6H2,(H2,9,11);2-5H2,1H3,(H,7,8). The summed E-state index contributed by atoms with van der Waals surface area (Å²) >= 11 is 0. The SMILES string of the molecule is CCCCCC(=O)O.NC(=O)CCSSc1ccccn1. The van der Waals surface area contributed by atoms with Gasteiger partial charge in [-0.1, -0.05) is 36.6 Å². The molecule has 1 aromatic rings. The number of carboxylic acid groups (broad SMARTS) is 1. The Morgan fingerprint density at radius 2 is 2.05 bits per heavy atom. The van der Waals surface area contributed by atoms with Crippen molar-refractivity contribution in [3.05, 3.63) is 24.4 Å². The fourth-order valence-electron chi connectivity index (χ4n) is 1.17. The van der Waals surface area contributed by atoms with Crippen molar-refractivity contribution >= 4 is 33.5 Å². The van der Waals surface area contributed by atoms with E-state index in [1.165, 1.54) is 0 Å². The van der Waals surface area contributed by atoms with Crippen LogP contribution >= 0.6 is 21.6 Å². The molecule has 0 aliphatic heterocycles. The summed E-state index contributed by atoms with van der Waals surface area (Å²) in [5, 5.41) is 9.10. The number of primary amides is 1. The minimum atomic E-state index is -0.682. The molecule has 0 radical (unpaired) electrons. The summed E-state index contributed by atoms with van der Waals surface area (Å²) in [5.41, 5.74) is 4.99. The van der Waals surface area contributed by atoms with Crippen molar-refractivity contribution in [3.8, 4) is 0 Å².